The summed E-state index contributed by atoms with van der Waals surface area (Å²) in [5, 5.41) is 6.04. The number of amides is 2. The maximum Gasteiger partial charge on any atom is 0.237 e. The van der Waals surface area contributed by atoms with Crippen molar-refractivity contribution in [1.29, 1.82) is 0 Å². The van der Waals surface area contributed by atoms with Gasteiger partial charge in [0.15, 0.2) is 0 Å². The van der Waals surface area contributed by atoms with Gasteiger partial charge >= 0.3 is 0 Å². The van der Waals surface area contributed by atoms with Gasteiger partial charge in [0.25, 0.3) is 0 Å². The second-order valence-electron chi connectivity index (χ2n) is 5.73. The van der Waals surface area contributed by atoms with E-state index < -0.39 is 0 Å². The van der Waals surface area contributed by atoms with Gasteiger partial charge in [0.2, 0.25) is 11.8 Å². The third kappa shape index (κ3) is 4.18. The second kappa shape index (κ2) is 7.04. The van der Waals surface area contributed by atoms with Gasteiger partial charge in [-0.1, -0.05) is 0 Å². The molecule has 114 valence electrons. The number of carbonyl (C=O) groups is 2. The Hall–Kier alpha value is -1.14. The summed E-state index contributed by atoms with van der Waals surface area (Å²) < 4.78 is 0. The average Bonchev–Trinajstić information content (AvgIpc) is 3.28. The Morgan fingerprint density at radius 1 is 1.20 bits per heavy atom. The minimum atomic E-state index is -0.0924. The van der Waals surface area contributed by atoms with Crippen LogP contribution in [0.25, 0.3) is 0 Å². The maximum absolute atomic E-state index is 12.0. The highest BCUT2D eigenvalue weighted by molar-refractivity contribution is 5.82. The molecule has 0 aromatic heterocycles. The van der Waals surface area contributed by atoms with E-state index in [2.05, 4.69) is 15.5 Å². The molecule has 20 heavy (non-hydrogen) atoms. The molecule has 1 unspecified atom stereocenters. The fourth-order valence-electron chi connectivity index (χ4n) is 2.46. The Bertz CT molecular complexity index is 349. The summed E-state index contributed by atoms with van der Waals surface area (Å²) >= 11 is 0. The predicted octanol–water partition coefficient (Wildman–Crippen LogP) is -0.593. The van der Waals surface area contributed by atoms with Crippen LogP contribution in [0.2, 0.25) is 0 Å². The van der Waals surface area contributed by atoms with E-state index in [1.165, 1.54) is 0 Å². The van der Waals surface area contributed by atoms with E-state index in [1.807, 2.05) is 18.9 Å². The second-order valence-corrected chi connectivity index (χ2v) is 5.73. The molecule has 1 heterocycles. The highest BCUT2D eigenvalue weighted by Crippen LogP contribution is 2.19. The van der Waals surface area contributed by atoms with E-state index in [0.29, 0.717) is 12.5 Å². The highest BCUT2D eigenvalue weighted by atomic mass is 16.2. The summed E-state index contributed by atoms with van der Waals surface area (Å²) in [5.41, 5.74) is 0. The summed E-state index contributed by atoms with van der Waals surface area (Å²) in [6.45, 7) is 5.69. The lowest BCUT2D eigenvalue weighted by molar-refractivity contribution is -0.134. The third-order valence-corrected chi connectivity index (χ3v) is 4.11. The van der Waals surface area contributed by atoms with Crippen LogP contribution >= 0.6 is 0 Å². The van der Waals surface area contributed by atoms with Crippen molar-refractivity contribution in [3.8, 4) is 0 Å². The van der Waals surface area contributed by atoms with Gasteiger partial charge in [-0.15, -0.1) is 0 Å². The van der Waals surface area contributed by atoms with Crippen molar-refractivity contribution in [3.63, 3.8) is 0 Å². The normalized spacial score (nSPS) is 21.6. The van der Waals surface area contributed by atoms with Crippen LogP contribution in [0.5, 0.6) is 0 Å². The van der Waals surface area contributed by atoms with Crippen LogP contribution in [0.3, 0.4) is 0 Å². The monoisotopic (exact) mass is 282 g/mol. The summed E-state index contributed by atoms with van der Waals surface area (Å²) in [4.78, 5) is 28.0. The highest BCUT2D eigenvalue weighted by Gasteiger charge is 2.30. The lowest BCUT2D eigenvalue weighted by Crippen LogP contribution is -2.55. The van der Waals surface area contributed by atoms with Crippen LogP contribution in [0.1, 0.15) is 26.2 Å². The van der Waals surface area contributed by atoms with Crippen molar-refractivity contribution in [2.24, 2.45) is 0 Å². The molecule has 6 nitrogen and oxygen atoms in total. The van der Waals surface area contributed by atoms with E-state index in [0.717, 1.165) is 45.6 Å². The van der Waals surface area contributed by atoms with E-state index in [4.69, 9.17) is 0 Å². The van der Waals surface area contributed by atoms with Gasteiger partial charge in [0.05, 0.1) is 6.04 Å². The fraction of sp³-hybridized carbons (Fsp3) is 0.857. The van der Waals surface area contributed by atoms with Crippen molar-refractivity contribution >= 4 is 11.8 Å². The molecule has 1 saturated heterocycles. The molecule has 1 aliphatic heterocycles. The molecule has 1 aliphatic carbocycles. The largest absolute Gasteiger partial charge is 0.352 e. The Balaban J connectivity index is 1.72. The first-order valence-electron chi connectivity index (χ1n) is 7.58. The van der Waals surface area contributed by atoms with Gasteiger partial charge in [-0.2, -0.15) is 0 Å². The Labute approximate surface area is 120 Å². The molecule has 0 aromatic rings. The number of hydrogen-bond donors (Lipinski definition) is 2. The van der Waals surface area contributed by atoms with Crippen molar-refractivity contribution in [2.75, 3.05) is 39.8 Å². The van der Waals surface area contributed by atoms with Crippen molar-refractivity contribution < 1.29 is 9.59 Å². The summed E-state index contributed by atoms with van der Waals surface area (Å²) in [7, 11) is 1.85. The molecule has 1 saturated carbocycles. The van der Waals surface area contributed by atoms with Crippen molar-refractivity contribution in [2.45, 2.75) is 38.3 Å². The number of rotatable bonds is 6. The van der Waals surface area contributed by atoms with Crippen LogP contribution in [0.15, 0.2) is 0 Å². The standard InChI is InChI=1S/C14H26N4O2/c1-11(14(20)16-12-3-4-12)17-7-9-18(10-8-17)13(19)5-6-15-2/h11-12,15H,3-10H2,1-2H3,(H,16,20). The number of nitrogens with one attached hydrogen (secondary N) is 2. The molecular weight excluding hydrogens is 256 g/mol. The Kier molecular flexibility index (Phi) is 5.37. The zero-order chi connectivity index (χ0) is 14.5. The van der Waals surface area contributed by atoms with Gasteiger partial charge < -0.3 is 15.5 Å². The summed E-state index contributed by atoms with van der Waals surface area (Å²) in [5.74, 6) is 0.330. The zero-order valence-corrected chi connectivity index (χ0v) is 12.5. The van der Waals surface area contributed by atoms with Gasteiger partial charge in [-0.05, 0) is 26.8 Å². The summed E-state index contributed by atoms with van der Waals surface area (Å²) in [6, 6.07) is 0.319. The molecule has 2 aliphatic rings. The molecule has 0 aromatic carbocycles. The van der Waals surface area contributed by atoms with E-state index in [1.54, 1.807) is 0 Å². The minimum Gasteiger partial charge on any atom is -0.352 e. The molecular formula is C14H26N4O2. The van der Waals surface area contributed by atoms with E-state index >= 15 is 0 Å². The lowest BCUT2D eigenvalue weighted by atomic mass is 10.2. The SMILES string of the molecule is CNCCC(=O)N1CCN(C(C)C(=O)NC2CC2)CC1. The van der Waals surface area contributed by atoms with Crippen LogP contribution in [-0.4, -0.2) is 73.5 Å². The molecule has 0 spiro atoms. The molecule has 2 N–H and O–H groups in total. The molecule has 0 bridgehead atoms. The molecule has 6 heteroatoms. The molecule has 1 atom stereocenters. The first kappa shape index (κ1) is 15.3. The average molecular weight is 282 g/mol. The Morgan fingerprint density at radius 2 is 1.85 bits per heavy atom. The van der Waals surface area contributed by atoms with Gasteiger partial charge in [-0.3, -0.25) is 14.5 Å². The molecule has 2 amide bonds. The lowest BCUT2D eigenvalue weighted by Gasteiger charge is -2.37. The minimum absolute atomic E-state index is 0.0924. The third-order valence-electron chi connectivity index (χ3n) is 4.11. The summed E-state index contributed by atoms with van der Waals surface area (Å²) in [6.07, 6.45) is 2.78. The number of hydrogen-bond acceptors (Lipinski definition) is 4. The zero-order valence-electron chi connectivity index (χ0n) is 12.5. The van der Waals surface area contributed by atoms with Gasteiger partial charge in [0, 0.05) is 45.2 Å². The van der Waals surface area contributed by atoms with Crippen LogP contribution < -0.4 is 10.6 Å². The molecule has 2 rings (SSSR count). The maximum atomic E-state index is 12.0. The van der Waals surface area contributed by atoms with E-state index in [9.17, 15) is 9.59 Å². The fourth-order valence-corrected chi connectivity index (χ4v) is 2.46. The molecule has 0 radical (unpaired) electrons. The van der Waals surface area contributed by atoms with Crippen LogP contribution in [-0.2, 0) is 9.59 Å². The van der Waals surface area contributed by atoms with Crippen molar-refractivity contribution in [3.05, 3.63) is 0 Å². The number of nitrogens with zero attached hydrogens (tertiary/aromatic N) is 2. The smallest absolute Gasteiger partial charge is 0.237 e. The predicted molar refractivity (Wildman–Crippen MR) is 77.3 cm³/mol. The quantitative estimate of drug-likeness (QED) is 0.683. The van der Waals surface area contributed by atoms with Crippen LogP contribution in [0, 0.1) is 0 Å². The van der Waals surface area contributed by atoms with Crippen molar-refractivity contribution in [1.82, 2.24) is 20.4 Å². The van der Waals surface area contributed by atoms with Gasteiger partial charge in [-0.25, -0.2) is 0 Å². The Morgan fingerprint density at radius 3 is 2.40 bits per heavy atom. The first-order valence-corrected chi connectivity index (χ1v) is 7.58. The van der Waals surface area contributed by atoms with Gasteiger partial charge in [0.1, 0.15) is 0 Å². The van der Waals surface area contributed by atoms with E-state index in [-0.39, 0.29) is 17.9 Å². The number of piperazine rings is 1. The first-order chi connectivity index (χ1) is 9.61. The van der Waals surface area contributed by atoms with Crippen LogP contribution in [0.4, 0.5) is 0 Å². The molecule has 2 fully saturated rings. The topological polar surface area (TPSA) is 64.7 Å². The number of carbonyl (C=O) groups excluding carboxylic acids is 2.